The van der Waals surface area contributed by atoms with Crippen molar-refractivity contribution >= 4 is 35.0 Å². The molecule has 12 heteroatoms. The van der Waals surface area contributed by atoms with E-state index < -0.39 is 12.1 Å². The van der Waals surface area contributed by atoms with E-state index in [1.807, 2.05) is 18.4 Å². The van der Waals surface area contributed by atoms with Crippen LogP contribution < -0.4 is 45.1 Å². The lowest BCUT2D eigenvalue weighted by molar-refractivity contribution is -0.120. The summed E-state index contributed by atoms with van der Waals surface area (Å²) in [6.07, 6.45) is 3.52. The molecule has 3 aromatic rings. The number of fused-ring (bicyclic) bond motifs is 3. The maximum Gasteiger partial charge on any atom is 0.246 e. The topological polar surface area (TPSA) is 133 Å². The zero-order valence-electron chi connectivity index (χ0n) is 27.2. The largest absolute Gasteiger partial charge is 0.497 e. The van der Waals surface area contributed by atoms with Crippen LogP contribution in [0.5, 0.6) is 28.7 Å². The second kappa shape index (κ2) is 15.6. The number of carbonyl (C=O) groups is 2. The molecule has 0 heterocycles. The Morgan fingerprint density at radius 2 is 1.61 bits per heavy atom. The molecule has 0 aromatic heterocycles. The van der Waals surface area contributed by atoms with Crippen LogP contribution in [0, 0.1) is 0 Å². The SMILES string of the molecule is COc1ccc(NC(=O)C(CCSC)Nc2ccc3c(cc2=O)C(NC(C)=O)CCc2cc(OC)c(OC)c(OC)c2-3)c(OC)c1. The Morgan fingerprint density at radius 1 is 0.891 bits per heavy atom. The number of hydrogen-bond donors (Lipinski definition) is 3. The Labute approximate surface area is 273 Å². The van der Waals surface area contributed by atoms with Gasteiger partial charge in [0.25, 0.3) is 0 Å². The highest BCUT2D eigenvalue weighted by atomic mass is 32.2. The number of benzene rings is 2. The lowest BCUT2D eigenvalue weighted by Crippen LogP contribution is -2.36. The molecule has 0 aliphatic heterocycles. The number of nitrogens with one attached hydrogen (secondary N) is 3. The Hall–Kier alpha value is -4.58. The summed E-state index contributed by atoms with van der Waals surface area (Å²) in [6, 6.07) is 10.8. The quantitative estimate of drug-likeness (QED) is 0.231. The van der Waals surface area contributed by atoms with Crippen molar-refractivity contribution in [3.63, 3.8) is 0 Å². The third-order valence-corrected chi connectivity index (χ3v) is 8.48. The van der Waals surface area contributed by atoms with Crippen LogP contribution in [0.4, 0.5) is 11.4 Å². The van der Waals surface area contributed by atoms with E-state index in [0.717, 1.165) is 11.1 Å². The smallest absolute Gasteiger partial charge is 0.246 e. The minimum atomic E-state index is -0.744. The summed E-state index contributed by atoms with van der Waals surface area (Å²) in [6.45, 7) is 1.45. The predicted octanol–water partition coefficient (Wildman–Crippen LogP) is 5.05. The molecule has 1 aliphatic rings. The zero-order valence-corrected chi connectivity index (χ0v) is 28.0. The van der Waals surface area contributed by atoms with E-state index in [4.69, 9.17) is 23.7 Å². The van der Waals surface area contributed by atoms with Crippen LogP contribution in [-0.4, -0.2) is 65.4 Å². The van der Waals surface area contributed by atoms with Crippen molar-refractivity contribution < 1.29 is 33.3 Å². The maximum atomic E-state index is 13.9. The van der Waals surface area contributed by atoms with Gasteiger partial charge in [0.15, 0.2) is 11.5 Å². The van der Waals surface area contributed by atoms with Crippen molar-refractivity contribution in [3.05, 3.63) is 63.8 Å². The molecule has 4 rings (SSSR count). The minimum Gasteiger partial charge on any atom is -0.497 e. The highest BCUT2D eigenvalue weighted by Crippen LogP contribution is 2.50. The first kappa shape index (κ1) is 34.3. The molecule has 3 aromatic carbocycles. The van der Waals surface area contributed by atoms with E-state index in [0.29, 0.717) is 70.6 Å². The molecule has 2 unspecified atom stereocenters. The molecule has 3 N–H and O–H groups in total. The van der Waals surface area contributed by atoms with Gasteiger partial charge in [0.1, 0.15) is 17.5 Å². The Bertz CT molecular complexity index is 1650. The molecule has 2 atom stereocenters. The second-order valence-electron chi connectivity index (χ2n) is 10.6. The third kappa shape index (κ3) is 7.44. The van der Waals surface area contributed by atoms with Gasteiger partial charge in [0, 0.05) is 18.6 Å². The Morgan fingerprint density at radius 3 is 2.24 bits per heavy atom. The summed E-state index contributed by atoms with van der Waals surface area (Å²) in [5.74, 6) is 2.55. The molecule has 11 nitrogen and oxygen atoms in total. The van der Waals surface area contributed by atoms with Crippen molar-refractivity contribution in [1.82, 2.24) is 5.32 Å². The van der Waals surface area contributed by atoms with Crippen LogP contribution in [0.2, 0.25) is 0 Å². The number of methoxy groups -OCH3 is 5. The number of rotatable bonds is 13. The zero-order chi connectivity index (χ0) is 33.4. The number of thioether (sulfide) groups is 1. The lowest BCUT2D eigenvalue weighted by Gasteiger charge is -2.20. The number of aryl methyl sites for hydroxylation is 1. The Kier molecular flexibility index (Phi) is 11.6. The van der Waals surface area contributed by atoms with E-state index in [1.54, 1.807) is 57.4 Å². The number of amides is 2. The normalized spacial score (nSPS) is 14.0. The van der Waals surface area contributed by atoms with Gasteiger partial charge in [0.2, 0.25) is 23.0 Å². The van der Waals surface area contributed by atoms with E-state index >= 15 is 0 Å². The number of hydrogen-bond acceptors (Lipinski definition) is 10. The van der Waals surface area contributed by atoms with Crippen molar-refractivity contribution in [2.24, 2.45) is 0 Å². The first-order chi connectivity index (χ1) is 22.2. The average Bonchev–Trinajstić information content (AvgIpc) is 3.30. The van der Waals surface area contributed by atoms with Gasteiger partial charge in [-0.05, 0) is 78.3 Å². The van der Waals surface area contributed by atoms with Crippen molar-refractivity contribution in [2.75, 3.05) is 58.2 Å². The van der Waals surface area contributed by atoms with Gasteiger partial charge in [-0.1, -0.05) is 6.07 Å². The number of anilines is 2. The monoisotopic (exact) mass is 651 g/mol. The molecule has 0 spiro atoms. The van der Waals surface area contributed by atoms with Crippen LogP contribution in [0.1, 0.15) is 36.9 Å². The minimum absolute atomic E-state index is 0.218. The fraction of sp³-hybridized carbons (Fsp3) is 0.382. The molecule has 2 amide bonds. The average molecular weight is 652 g/mol. The van der Waals surface area contributed by atoms with Crippen LogP contribution in [0.15, 0.2) is 47.3 Å². The first-order valence-electron chi connectivity index (χ1n) is 14.7. The van der Waals surface area contributed by atoms with Gasteiger partial charge in [0.05, 0.1) is 53.0 Å². The fourth-order valence-electron chi connectivity index (χ4n) is 5.64. The van der Waals surface area contributed by atoms with Crippen LogP contribution in [-0.2, 0) is 16.0 Å². The third-order valence-electron chi connectivity index (χ3n) is 7.84. The maximum absolute atomic E-state index is 13.9. The van der Waals surface area contributed by atoms with Gasteiger partial charge in [-0.15, -0.1) is 0 Å². The van der Waals surface area contributed by atoms with E-state index in [-0.39, 0.29) is 22.9 Å². The van der Waals surface area contributed by atoms with Gasteiger partial charge in [-0.25, -0.2) is 0 Å². The molecule has 1 aliphatic carbocycles. The first-order valence-corrected chi connectivity index (χ1v) is 16.1. The predicted molar refractivity (Wildman–Crippen MR) is 181 cm³/mol. The molecule has 0 radical (unpaired) electrons. The van der Waals surface area contributed by atoms with Gasteiger partial charge in [-0.3, -0.25) is 14.4 Å². The molecule has 46 heavy (non-hydrogen) atoms. The fourth-order valence-corrected chi connectivity index (χ4v) is 6.11. The van der Waals surface area contributed by atoms with E-state index in [1.165, 1.54) is 27.2 Å². The summed E-state index contributed by atoms with van der Waals surface area (Å²) in [5, 5.41) is 9.14. The van der Waals surface area contributed by atoms with Gasteiger partial charge < -0.3 is 39.6 Å². The highest BCUT2D eigenvalue weighted by Gasteiger charge is 2.30. The molecular formula is C34H41N3O8S. The van der Waals surface area contributed by atoms with E-state index in [9.17, 15) is 14.4 Å². The van der Waals surface area contributed by atoms with Crippen molar-refractivity contribution in [1.29, 1.82) is 0 Å². The number of ether oxygens (including phenoxy) is 5. The molecule has 0 fully saturated rings. The molecule has 0 saturated heterocycles. The summed E-state index contributed by atoms with van der Waals surface area (Å²) >= 11 is 1.59. The lowest BCUT2D eigenvalue weighted by atomic mass is 9.95. The molecule has 0 bridgehead atoms. The standard InChI is InChI=1S/C34H41N3O8S/c1-19(38)35-24-11-8-20-16-30(43-4)32(44-5)33(45-6)31(20)22-10-13-25(28(39)18-23(22)24)36-27(14-15-46-7)34(40)37-26-12-9-21(41-2)17-29(26)42-3/h9-10,12-13,16-18,24,27H,8,11,14-15H2,1-7H3,(H,35,38)(H,36,39)(H,37,40). The molecular weight excluding hydrogens is 610 g/mol. The molecule has 246 valence electrons. The second-order valence-corrected chi connectivity index (χ2v) is 11.6. The summed E-state index contributed by atoms with van der Waals surface area (Å²) < 4.78 is 27.9. The number of carbonyl (C=O) groups excluding carboxylic acids is 2. The highest BCUT2D eigenvalue weighted by molar-refractivity contribution is 7.98. The van der Waals surface area contributed by atoms with Crippen LogP contribution in [0.3, 0.4) is 0 Å². The van der Waals surface area contributed by atoms with Crippen LogP contribution >= 0.6 is 11.8 Å². The van der Waals surface area contributed by atoms with Gasteiger partial charge in [-0.2, -0.15) is 11.8 Å². The van der Waals surface area contributed by atoms with E-state index in [2.05, 4.69) is 16.0 Å². The van der Waals surface area contributed by atoms with Gasteiger partial charge >= 0.3 is 0 Å². The summed E-state index contributed by atoms with van der Waals surface area (Å²) in [7, 11) is 7.71. The summed E-state index contributed by atoms with van der Waals surface area (Å²) in [5.41, 5.74) is 3.37. The molecule has 0 saturated carbocycles. The summed E-state index contributed by atoms with van der Waals surface area (Å²) in [4.78, 5) is 39.8. The van der Waals surface area contributed by atoms with Crippen LogP contribution in [0.25, 0.3) is 11.1 Å². The van der Waals surface area contributed by atoms with Crippen molar-refractivity contribution in [2.45, 2.75) is 38.3 Å². The Balaban J connectivity index is 1.82. The van der Waals surface area contributed by atoms with Crippen molar-refractivity contribution in [3.8, 4) is 39.9 Å².